The van der Waals surface area contributed by atoms with Crippen LogP contribution in [0.2, 0.25) is 0 Å². The lowest BCUT2D eigenvalue weighted by Crippen LogP contribution is -2.09. The molecule has 0 amide bonds. The maximum Gasteiger partial charge on any atom is 0.247 e. The van der Waals surface area contributed by atoms with Gasteiger partial charge >= 0.3 is 0 Å². The first kappa shape index (κ1) is 14.0. The summed E-state index contributed by atoms with van der Waals surface area (Å²) in [4.78, 5) is 20.4. The Morgan fingerprint density at radius 3 is 2.73 bits per heavy atom. The smallest absolute Gasteiger partial charge is 0.247 e. The highest BCUT2D eigenvalue weighted by Crippen LogP contribution is 2.32. The Balaban J connectivity index is 2.07. The highest BCUT2D eigenvalue weighted by molar-refractivity contribution is 7.98. The minimum atomic E-state index is -0.432. The first-order valence-electron chi connectivity index (χ1n) is 6.18. The molecule has 1 aromatic heterocycles. The lowest BCUT2D eigenvalue weighted by molar-refractivity contribution is 0.104. The molecule has 2 aromatic rings. The Hall–Kier alpha value is -2.92. The molecule has 0 bridgehead atoms. The van der Waals surface area contributed by atoms with Crippen LogP contribution in [0.4, 0.5) is 5.95 Å². The number of allylic oxidation sites excluding steroid dienone is 1. The van der Waals surface area contributed by atoms with Crippen LogP contribution >= 0.6 is 11.8 Å². The number of nitriles is 1. The van der Waals surface area contributed by atoms with Crippen molar-refractivity contribution in [2.24, 2.45) is 4.99 Å². The van der Waals surface area contributed by atoms with E-state index in [0.717, 1.165) is 0 Å². The number of Topliss-reactive ketones (excluding diaryl/α,β-unsaturated/α-hetero) is 1. The molecule has 1 aliphatic carbocycles. The SMILES string of the molecule is CSc1n[nH]c(/N=C(\C#N)C2=C(O)c3ccccc3C2=O)n1. The molecular weight excluding hydrogens is 302 g/mol. The van der Waals surface area contributed by atoms with E-state index in [4.69, 9.17) is 0 Å². The molecule has 1 heterocycles. The van der Waals surface area contributed by atoms with Gasteiger partial charge in [0.2, 0.25) is 11.1 Å². The van der Waals surface area contributed by atoms with Crippen molar-refractivity contribution in [1.82, 2.24) is 15.2 Å². The van der Waals surface area contributed by atoms with Crippen molar-refractivity contribution < 1.29 is 9.90 Å². The van der Waals surface area contributed by atoms with Gasteiger partial charge in [-0.05, 0) is 6.26 Å². The van der Waals surface area contributed by atoms with Crippen LogP contribution in [0.1, 0.15) is 15.9 Å². The van der Waals surface area contributed by atoms with Gasteiger partial charge in [0.05, 0.1) is 0 Å². The Morgan fingerprint density at radius 1 is 1.41 bits per heavy atom. The van der Waals surface area contributed by atoms with Crippen LogP contribution in [0.3, 0.4) is 0 Å². The van der Waals surface area contributed by atoms with Gasteiger partial charge in [-0.3, -0.25) is 4.79 Å². The van der Waals surface area contributed by atoms with Crippen LogP contribution in [0.15, 0.2) is 40.0 Å². The number of aromatic amines is 1. The Bertz CT molecular complexity index is 875. The molecule has 0 unspecified atom stereocenters. The zero-order chi connectivity index (χ0) is 15.7. The van der Waals surface area contributed by atoms with Crippen molar-refractivity contribution in [2.45, 2.75) is 5.16 Å². The summed E-state index contributed by atoms with van der Waals surface area (Å²) in [5.74, 6) is -0.575. The number of hydrogen-bond donors (Lipinski definition) is 2. The second-order valence-corrected chi connectivity index (χ2v) is 5.09. The second-order valence-electron chi connectivity index (χ2n) is 4.32. The average Bonchev–Trinajstić information content (AvgIpc) is 3.10. The molecule has 7 nitrogen and oxygen atoms in total. The van der Waals surface area contributed by atoms with E-state index >= 15 is 0 Å². The first-order valence-corrected chi connectivity index (χ1v) is 7.41. The minimum absolute atomic E-state index is 0.102. The number of nitrogens with one attached hydrogen (secondary N) is 1. The molecule has 0 fully saturated rings. The van der Waals surface area contributed by atoms with Crippen LogP contribution < -0.4 is 0 Å². The summed E-state index contributed by atoms with van der Waals surface area (Å²) in [5, 5.41) is 26.4. The van der Waals surface area contributed by atoms with Crippen LogP contribution in [0.25, 0.3) is 5.76 Å². The van der Waals surface area contributed by atoms with Gasteiger partial charge in [0.1, 0.15) is 17.4 Å². The van der Waals surface area contributed by atoms with Gasteiger partial charge in [-0.2, -0.15) is 15.2 Å². The highest BCUT2D eigenvalue weighted by Gasteiger charge is 2.32. The van der Waals surface area contributed by atoms with Crippen LogP contribution in [0.5, 0.6) is 0 Å². The summed E-state index contributed by atoms with van der Waals surface area (Å²) in [6.45, 7) is 0. The molecule has 22 heavy (non-hydrogen) atoms. The third kappa shape index (κ3) is 2.17. The lowest BCUT2D eigenvalue weighted by Gasteiger charge is -1.97. The topological polar surface area (TPSA) is 115 Å². The summed E-state index contributed by atoms with van der Waals surface area (Å²) in [7, 11) is 0. The number of nitrogens with zero attached hydrogens (tertiary/aromatic N) is 4. The molecular formula is C14H9N5O2S. The number of aliphatic imine (C=N–C) groups is 1. The number of carbonyl (C=O) groups excluding carboxylic acids is 1. The maximum absolute atomic E-state index is 12.4. The van der Waals surface area contributed by atoms with E-state index in [0.29, 0.717) is 16.3 Å². The monoisotopic (exact) mass is 311 g/mol. The Morgan fingerprint density at radius 2 is 2.14 bits per heavy atom. The number of ketones is 1. The van der Waals surface area contributed by atoms with Gasteiger partial charge in [0, 0.05) is 11.1 Å². The molecule has 0 spiro atoms. The predicted molar refractivity (Wildman–Crippen MR) is 81.2 cm³/mol. The number of fused-ring (bicyclic) bond motifs is 1. The number of carbonyl (C=O) groups is 1. The normalized spacial score (nSPS) is 14.2. The molecule has 0 saturated heterocycles. The van der Waals surface area contributed by atoms with Crippen molar-refractivity contribution in [2.75, 3.05) is 6.26 Å². The fourth-order valence-corrected chi connectivity index (χ4v) is 2.42. The van der Waals surface area contributed by atoms with Gasteiger partial charge in [0.15, 0.2) is 11.5 Å². The summed E-state index contributed by atoms with van der Waals surface area (Å²) >= 11 is 1.31. The van der Waals surface area contributed by atoms with E-state index in [2.05, 4.69) is 20.2 Å². The van der Waals surface area contributed by atoms with Gasteiger partial charge in [-0.1, -0.05) is 36.0 Å². The minimum Gasteiger partial charge on any atom is -0.506 e. The van der Waals surface area contributed by atoms with Crippen molar-refractivity contribution in [1.29, 1.82) is 5.26 Å². The van der Waals surface area contributed by atoms with Gasteiger partial charge in [-0.25, -0.2) is 5.10 Å². The molecule has 1 aliphatic rings. The second kappa shape index (κ2) is 5.46. The van der Waals surface area contributed by atoms with Crippen LogP contribution in [0, 0.1) is 11.3 Å². The Kier molecular flexibility index (Phi) is 3.48. The fraction of sp³-hybridized carbons (Fsp3) is 0.0714. The van der Waals surface area contributed by atoms with Crippen molar-refractivity contribution >= 4 is 35.0 Å². The molecule has 3 rings (SSSR count). The summed E-state index contributed by atoms with van der Waals surface area (Å²) in [5.41, 5.74) is 0.418. The van der Waals surface area contributed by atoms with Crippen molar-refractivity contribution in [3.8, 4) is 6.07 Å². The summed E-state index contributed by atoms with van der Waals surface area (Å²) < 4.78 is 0. The summed E-state index contributed by atoms with van der Waals surface area (Å²) in [6.07, 6.45) is 1.80. The van der Waals surface area contributed by atoms with E-state index in [-0.39, 0.29) is 23.0 Å². The molecule has 108 valence electrons. The van der Waals surface area contributed by atoms with Crippen molar-refractivity contribution in [3.05, 3.63) is 41.0 Å². The molecule has 0 atom stereocenters. The average molecular weight is 311 g/mol. The van der Waals surface area contributed by atoms with E-state index < -0.39 is 5.78 Å². The number of rotatable bonds is 3. The molecule has 1 aromatic carbocycles. The number of hydrogen-bond acceptors (Lipinski definition) is 7. The molecule has 8 heteroatoms. The van der Waals surface area contributed by atoms with Crippen LogP contribution in [-0.2, 0) is 0 Å². The predicted octanol–water partition coefficient (Wildman–Crippen LogP) is 2.29. The van der Waals surface area contributed by atoms with Gasteiger partial charge in [-0.15, -0.1) is 5.10 Å². The third-order valence-electron chi connectivity index (χ3n) is 3.09. The van der Waals surface area contributed by atoms with Gasteiger partial charge < -0.3 is 5.11 Å². The standard InChI is InChI=1S/C14H9N5O2S/c1-22-14-17-13(18-19-14)16-9(6-15)10-11(20)7-4-2-3-5-8(7)12(10)21/h2-5,20H,1H3,(H,17,18,19)/b16-9+. The van der Waals surface area contributed by atoms with Crippen LogP contribution in [-0.4, -0.2) is 38.0 Å². The van der Waals surface area contributed by atoms with E-state index in [1.807, 2.05) is 6.07 Å². The maximum atomic E-state index is 12.4. The number of aliphatic hydroxyl groups is 1. The highest BCUT2D eigenvalue weighted by atomic mass is 32.2. The number of H-pyrrole nitrogens is 1. The fourth-order valence-electron chi connectivity index (χ4n) is 2.11. The quantitative estimate of drug-likeness (QED) is 0.663. The lowest BCUT2D eigenvalue weighted by atomic mass is 10.1. The van der Waals surface area contributed by atoms with E-state index in [1.165, 1.54) is 11.8 Å². The van der Waals surface area contributed by atoms with E-state index in [1.54, 1.807) is 30.5 Å². The number of thioether (sulfide) groups is 1. The third-order valence-corrected chi connectivity index (χ3v) is 3.63. The molecule has 0 saturated carbocycles. The largest absolute Gasteiger partial charge is 0.506 e. The summed E-state index contributed by atoms with van der Waals surface area (Å²) in [6, 6.07) is 8.44. The first-order chi connectivity index (χ1) is 10.7. The number of benzene rings is 1. The van der Waals surface area contributed by atoms with Crippen molar-refractivity contribution in [3.63, 3.8) is 0 Å². The molecule has 2 N–H and O–H groups in total. The molecule has 0 aliphatic heterocycles. The van der Waals surface area contributed by atoms with Gasteiger partial charge in [0.25, 0.3) is 0 Å². The number of aromatic nitrogens is 3. The zero-order valence-electron chi connectivity index (χ0n) is 11.4. The zero-order valence-corrected chi connectivity index (χ0v) is 12.2. The Labute approximate surface area is 129 Å². The molecule has 0 radical (unpaired) electrons. The number of aliphatic hydroxyl groups excluding tert-OH is 1. The van der Waals surface area contributed by atoms with E-state index in [9.17, 15) is 15.2 Å².